The first-order valence-corrected chi connectivity index (χ1v) is 8.13. The Morgan fingerprint density at radius 3 is 2.33 bits per heavy atom. The normalized spacial score (nSPS) is 16.9. The molecule has 1 aliphatic heterocycles. The number of nitrogens with one attached hydrogen (secondary N) is 1. The van der Waals surface area contributed by atoms with Crippen molar-refractivity contribution < 1.29 is 9.59 Å². The molecule has 1 unspecified atom stereocenters. The highest BCUT2D eigenvalue weighted by molar-refractivity contribution is 6.04. The molecule has 0 saturated carbocycles. The summed E-state index contributed by atoms with van der Waals surface area (Å²) in [5, 5.41) is 3.01. The molecule has 2 amide bonds. The van der Waals surface area contributed by atoms with Gasteiger partial charge < -0.3 is 10.2 Å². The Morgan fingerprint density at radius 2 is 1.67 bits per heavy atom. The third-order valence-corrected chi connectivity index (χ3v) is 4.00. The fourth-order valence-electron chi connectivity index (χ4n) is 3.03. The van der Waals surface area contributed by atoms with E-state index in [1.165, 1.54) is 0 Å². The number of carbonyl (C=O) groups is 2. The molecule has 24 heavy (non-hydrogen) atoms. The molecule has 0 aliphatic carbocycles. The van der Waals surface area contributed by atoms with E-state index in [4.69, 9.17) is 0 Å². The van der Waals surface area contributed by atoms with Crippen molar-refractivity contribution in [2.45, 2.75) is 38.9 Å². The zero-order valence-electron chi connectivity index (χ0n) is 14.2. The van der Waals surface area contributed by atoms with E-state index in [0.29, 0.717) is 12.1 Å². The number of benzene rings is 2. The molecule has 0 radical (unpaired) electrons. The molecular formula is C20H22N2O2. The molecule has 0 fully saturated rings. The van der Waals surface area contributed by atoms with Crippen molar-refractivity contribution in [1.29, 1.82) is 0 Å². The van der Waals surface area contributed by atoms with Crippen molar-refractivity contribution in [1.82, 2.24) is 10.2 Å². The molecule has 0 bridgehead atoms. The van der Waals surface area contributed by atoms with Gasteiger partial charge in [-0.05, 0) is 38.0 Å². The molecule has 1 N–H and O–H groups in total. The smallest absolute Gasteiger partial charge is 0.255 e. The lowest BCUT2D eigenvalue weighted by molar-refractivity contribution is -0.127. The monoisotopic (exact) mass is 322 g/mol. The number of hydrogen-bond acceptors (Lipinski definition) is 2. The Morgan fingerprint density at radius 1 is 1.04 bits per heavy atom. The van der Waals surface area contributed by atoms with Crippen molar-refractivity contribution in [3.63, 3.8) is 0 Å². The molecule has 0 saturated heterocycles. The Balaban J connectivity index is 1.96. The van der Waals surface area contributed by atoms with E-state index < -0.39 is 6.04 Å². The predicted molar refractivity (Wildman–Crippen MR) is 93.4 cm³/mol. The van der Waals surface area contributed by atoms with Crippen LogP contribution >= 0.6 is 0 Å². The summed E-state index contributed by atoms with van der Waals surface area (Å²) in [6.45, 7) is 6.23. The second kappa shape index (κ2) is 6.11. The van der Waals surface area contributed by atoms with E-state index in [2.05, 4.69) is 5.32 Å². The summed E-state index contributed by atoms with van der Waals surface area (Å²) in [6, 6.07) is 16.5. The molecular weight excluding hydrogens is 300 g/mol. The summed E-state index contributed by atoms with van der Waals surface area (Å²) in [4.78, 5) is 27.3. The van der Waals surface area contributed by atoms with Gasteiger partial charge in [0.2, 0.25) is 5.91 Å². The third-order valence-electron chi connectivity index (χ3n) is 4.00. The summed E-state index contributed by atoms with van der Waals surface area (Å²) in [5.41, 5.74) is 2.05. The first-order chi connectivity index (χ1) is 11.4. The van der Waals surface area contributed by atoms with Crippen LogP contribution in [-0.2, 0) is 11.3 Å². The number of amides is 2. The fraction of sp³-hybridized carbons (Fsp3) is 0.300. The van der Waals surface area contributed by atoms with Crippen LogP contribution in [0.3, 0.4) is 0 Å². The second-order valence-corrected chi connectivity index (χ2v) is 7.15. The average Bonchev–Trinajstić information content (AvgIpc) is 2.80. The van der Waals surface area contributed by atoms with E-state index in [-0.39, 0.29) is 17.4 Å². The second-order valence-electron chi connectivity index (χ2n) is 7.15. The van der Waals surface area contributed by atoms with Crippen LogP contribution < -0.4 is 5.32 Å². The van der Waals surface area contributed by atoms with Gasteiger partial charge in [-0.25, -0.2) is 0 Å². The minimum atomic E-state index is -0.590. The predicted octanol–water partition coefficient (Wildman–Crippen LogP) is 3.30. The van der Waals surface area contributed by atoms with E-state index in [9.17, 15) is 9.59 Å². The van der Waals surface area contributed by atoms with E-state index >= 15 is 0 Å². The summed E-state index contributed by atoms with van der Waals surface area (Å²) < 4.78 is 0. The van der Waals surface area contributed by atoms with Gasteiger partial charge >= 0.3 is 0 Å². The van der Waals surface area contributed by atoms with Gasteiger partial charge in [-0.2, -0.15) is 0 Å². The number of fused-ring (bicyclic) bond motifs is 1. The van der Waals surface area contributed by atoms with Crippen molar-refractivity contribution in [3.8, 4) is 0 Å². The number of carbonyl (C=O) groups excluding carboxylic acids is 2. The minimum Gasteiger partial charge on any atom is -0.349 e. The minimum absolute atomic E-state index is 0.0940. The maximum Gasteiger partial charge on any atom is 0.255 e. The average molecular weight is 322 g/mol. The molecule has 0 aromatic heterocycles. The van der Waals surface area contributed by atoms with Gasteiger partial charge in [0.25, 0.3) is 5.91 Å². The van der Waals surface area contributed by atoms with E-state index in [1.807, 2.05) is 69.3 Å². The summed E-state index contributed by atoms with van der Waals surface area (Å²) in [7, 11) is 0. The maximum atomic E-state index is 12.9. The van der Waals surface area contributed by atoms with Gasteiger partial charge in [-0.15, -0.1) is 0 Å². The highest BCUT2D eigenvalue weighted by Crippen LogP contribution is 2.35. The van der Waals surface area contributed by atoms with Crippen LogP contribution in [0.1, 0.15) is 48.3 Å². The lowest BCUT2D eigenvalue weighted by atomic mass is 10.0. The molecule has 4 heteroatoms. The van der Waals surface area contributed by atoms with Crippen LogP contribution in [0.4, 0.5) is 0 Å². The lowest BCUT2D eigenvalue weighted by Gasteiger charge is -2.28. The fourth-order valence-corrected chi connectivity index (χ4v) is 3.03. The Hall–Kier alpha value is -2.62. The van der Waals surface area contributed by atoms with Crippen LogP contribution in [0.25, 0.3) is 0 Å². The summed E-state index contributed by atoms with van der Waals surface area (Å²) in [5.74, 6) is -0.236. The molecule has 0 spiro atoms. The molecule has 1 atom stereocenters. The first-order valence-electron chi connectivity index (χ1n) is 8.13. The van der Waals surface area contributed by atoms with Gasteiger partial charge in [0.1, 0.15) is 6.04 Å². The summed E-state index contributed by atoms with van der Waals surface area (Å²) in [6.07, 6.45) is 0. The van der Waals surface area contributed by atoms with Crippen LogP contribution in [0.5, 0.6) is 0 Å². The standard InChI is InChI=1S/C20H22N2O2/c1-20(2,3)21-18(23)17-15-11-7-8-12-16(15)19(24)22(17)13-14-9-5-4-6-10-14/h4-12,17H,13H2,1-3H3,(H,21,23). The van der Waals surface area contributed by atoms with Crippen molar-refractivity contribution in [3.05, 3.63) is 71.3 Å². The Kier molecular flexibility index (Phi) is 4.14. The Bertz CT molecular complexity index is 763. The van der Waals surface area contributed by atoms with Crippen LogP contribution in [-0.4, -0.2) is 22.3 Å². The molecule has 2 aromatic carbocycles. The third kappa shape index (κ3) is 3.18. The van der Waals surface area contributed by atoms with Crippen molar-refractivity contribution in [2.24, 2.45) is 0 Å². The lowest BCUT2D eigenvalue weighted by Crippen LogP contribution is -2.46. The molecule has 4 nitrogen and oxygen atoms in total. The molecule has 124 valence electrons. The summed E-state index contributed by atoms with van der Waals surface area (Å²) >= 11 is 0. The number of nitrogens with zero attached hydrogens (tertiary/aromatic N) is 1. The van der Waals surface area contributed by atoms with Crippen LogP contribution in [0, 0.1) is 0 Å². The van der Waals surface area contributed by atoms with Crippen molar-refractivity contribution >= 4 is 11.8 Å². The number of rotatable bonds is 3. The van der Waals surface area contributed by atoms with E-state index in [1.54, 1.807) is 11.0 Å². The highest BCUT2D eigenvalue weighted by Gasteiger charge is 2.41. The Labute approximate surface area is 142 Å². The van der Waals surface area contributed by atoms with Crippen LogP contribution in [0.15, 0.2) is 54.6 Å². The zero-order valence-corrected chi connectivity index (χ0v) is 14.2. The number of hydrogen-bond donors (Lipinski definition) is 1. The van der Waals surface area contributed by atoms with Gasteiger partial charge in [0, 0.05) is 17.6 Å². The zero-order chi connectivity index (χ0) is 17.3. The van der Waals surface area contributed by atoms with Crippen LogP contribution in [0.2, 0.25) is 0 Å². The molecule has 2 aromatic rings. The quantitative estimate of drug-likeness (QED) is 0.942. The van der Waals surface area contributed by atoms with Gasteiger partial charge in [0.05, 0.1) is 0 Å². The SMILES string of the molecule is CC(C)(C)NC(=O)C1c2ccccc2C(=O)N1Cc1ccccc1. The largest absolute Gasteiger partial charge is 0.349 e. The van der Waals surface area contributed by atoms with Gasteiger partial charge in [0.15, 0.2) is 0 Å². The molecule has 1 heterocycles. The van der Waals surface area contributed by atoms with Gasteiger partial charge in [-0.1, -0.05) is 48.5 Å². The van der Waals surface area contributed by atoms with E-state index in [0.717, 1.165) is 11.1 Å². The topological polar surface area (TPSA) is 49.4 Å². The highest BCUT2D eigenvalue weighted by atomic mass is 16.2. The van der Waals surface area contributed by atoms with Crippen molar-refractivity contribution in [2.75, 3.05) is 0 Å². The first kappa shape index (κ1) is 16.2. The maximum absolute atomic E-state index is 12.9. The molecule has 3 rings (SSSR count). The molecule has 1 aliphatic rings. The van der Waals surface area contributed by atoms with Gasteiger partial charge in [-0.3, -0.25) is 9.59 Å².